The zero-order chi connectivity index (χ0) is 14.0. The number of thioether (sulfide) groups is 1. The van der Waals surface area contributed by atoms with E-state index in [0.717, 1.165) is 10.6 Å². The summed E-state index contributed by atoms with van der Waals surface area (Å²) >= 11 is 1.54. The lowest BCUT2D eigenvalue weighted by atomic mass is 9.99. The molecule has 0 saturated carbocycles. The monoisotopic (exact) mass is 276 g/mol. The highest BCUT2D eigenvalue weighted by Crippen LogP contribution is 2.34. The Kier molecular flexibility index (Phi) is 4.01. The predicted octanol–water partition coefficient (Wildman–Crippen LogP) is 2.44. The summed E-state index contributed by atoms with van der Waals surface area (Å²) in [5, 5.41) is 18.5. The fourth-order valence-corrected chi connectivity index (χ4v) is 3.12. The van der Waals surface area contributed by atoms with Crippen LogP contribution in [0.5, 0.6) is 0 Å². The molecule has 0 spiro atoms. The van der Waals surface area contributed by atoms with Gasteiger partial charge in [-0.1, -0.05) is 13.0 Å². The molecule has 5 heteroatoms. The van der Waals surface area contributed by atoms with Crippen LogP contribution in [0.25, 0.3) is 0 Å². The molecule has 0 aliphatic carbocycles. The van der Waals surface area contributed by atoms with E-state index in [-0.39, 0.29) is 11.8 Å². The molecule has 0 amide bonds. The number of nitriles is 1. The van der Waals surface area contributed by atoms with Crippen molar-refractivity contribution in [2.75, 3.05) is 24.2 Å². The van der Waals surface area contributed by atoms with Crippen LogP contribution in [0.1, 0.15) is 12.5 Å². The van der Waals surface area contributed by atoms with E-state index in [9.17, 15) is 15.2 Å². The number of nitrogens with zero attached hydrogens (tertiary/aromatic N) is 2. The Bertz CT molecular complexity index is 539. The highest BCUT2D eigenvalue weighted by atomic mass is 32.2. The van der Waals surface area contributed by atoms with E-state index in [2.05, 4.69) is 6.07 Å². The third-order valence-electron chi connectivity index (χ3n) is 3.61. The largest absolute Gasteiger partial charge is 0.481 e. The summed E-state index contributed by atoms with van der Waals surface area (Å²) < 4.78 is 0. The van der Waals surface area contributed by atoms with Crippen LogP contribution in [-0.4, -0.2) is 30.4 Å². The van der Waals surface area contributed by atoms with Crippen LogP contribution < -0.4 is 4.90 Å². The summed E-state index contributed by atoms with van der Waals surface area (Å²) in [5.74, 6) is -1.01. The molecule has 19 heavy (non-hydrogen) atoms. The average molecular weight is 276 g/mol. The zero-order valence-electron chi connectivity index (χ0n) is 11.0. The van der Waals surface area contributed by atoms with E-state index in [4.69, 9.17) is 0 Å². The van der Waals surface area contributed by atoms with Gasteiger partial charge in [0.05, 0.1) is 17.2 Å². The Morgan fingerprint density at radius 1 is 1.53 bits per heavy atom. The number of benzene rings is 1. The molecule has 4 nitrogen and oxygen atoms in total. The van der Waals surface area contributed by atoms with Crippen molar-refractivity contribution in [1.82, 2.24) is 0 Å². The molecule has 0 aromatic heterocycles. The van der Waals surface area contributed by atoms with E-state index in [0.29, 0.717) is 18.7 Å². The number of carbonyl (C=O) groups is 1. The molecule has 1 aromatic carbocycles. The van der Waals surface area contributed by atoms with Crippen molar-refractivity contribution in [2.24, 2.45) is 11.8 Å². The summed E-state index contributed by atoms with van der Waals surface area (Å²) in [6.07, 6.45) is 1.94. The quantitative estimate of drug-likeness (QED) is 0.859. The minimum atomic E-state index is -0.755. The van der Waals surface area contributed by atoms with Gasteiger partial charge in [-0.3, -0.25) is 4.79 Å². The summed E-state index contributed by atoms with van der Waals surface area (Å²) in [5.41, 5.74) is 1.50. The molecule has 1 saturated heterocycles. The zero-order valence-corrected chi connectivity index (χ0v) is 11.8. The Morgan fingerprint density at radius 3 is 2.79 bits per heavy atom. The average Bonchev–Trinajstić information content (AvgIpc) is 2.79. The lowest BCUT2D eigenvalue weighted by Crippen LogP contribution is -2.23. The molecule has 100 valence electrons. The van der Waals surface area contributed by atoms with Gasteiger partial charge in [-0.2, -0.15) is 5.26 Å². The normalized spacial score (nSPS) is 22.3. The van der Waals surface area contributed by atoms with E-state index in [1.165, 1.54) is 11.8 Å². The first-order chi connectivity index (χ1) is 9.08. The lowest BCUT2D eigenvalue weighted by molar-refractivity contribution is -0.142. The number of hydrogen-bond acceptors (Lipinski definition) is 4. The second-order valence-electron chi connectivity index (χ2n) is 4.79. The number of hydrogen-bond donors (Lipinski definition) is 1. The fraction of sp³-hybridized carbons (Fsp3) is 0.429. The van der Waals surface area contributed by atoms with Crippen molar-refractivity contribution in [3.05, 3.63) is 23.8 Å². The standard InChI is InChI=1S/C14H16N2O2S/c1-9-7-16(8-11(9)14(17)18)12-4-3-5-13(19-2)10(12)6-15/h3-5,9,11H,7-8H2,1-2H3,(H,17,18)/t9-,11-/m1/s1. The first kappa shape index (κ1) is 13.8. The van der Waals surface area contributed by atoms with Gasteiger partial charge in [0.2, 0.25) is 0 Å². The number of rotatable bonds is 3. The van der Waals surface area contributed by atoms with Gasteiger partial charge < -0.3 is 10.0 Å². The lowest BCUT2D eigenvalue weighted by Gasteiger charge is -2.20. The Morgan fingerprint density at radius 2 is 2.26 bits per heavy atom. The molecular formula is C14H16N2O2S. The van der Waals surface area contributed by atoms with Crippen molar-refractivity contribution in [1.29, 1.82) is 5.26 Å². The second kappa shape index (κ2) is 5.54. The SMILES string of the molecule is CSc1cccc(N2C[C@@H](C)[C@H](C(=O)O)C2)c1C#N. The first-order valence-corrected chi connectivity index (χ1v) is 7.35. The van der Waals surface area contributed by atoms with Crippen LogP contribution in [-0.2, 0) is 4.79 Å². The maximum absolute atomic E-state index is 11.2. The van der Waals surface area contributed by atoms with Crippen LogP contribution in [0.2, 0.25) is 0 Å². The van der Waals surface area contributed by atoms with Crippen LogP contribution in [0.3, 0.4) is 0 Å². The van der Waals surface area contributed by atoms with Gasteiger partial charge in [-0.05, 0) is 24.3 Å². The third kappa shape index (κ3) is 2.54. The van der Waals surface area contributed by atoms with Gasteiger partial charge in [-0.25, -0.2) is 0 Å². The minimum Gasteiger partial charge on any atom is -0.481 e. The first-order valence-electron chi connectivity index (χ1n) is 6.13. The maximum atomic E-state index is 11.2. The van der Waals surface area contributed by atoms with Gasteiger partial charge in [-0.15, -0.1) is 11.8 Å². The Hall–Kier alpha value is -1.67. The smallest absolute Gasteiger partial charge is 0.308 e. The maximum Gasteiger partial charge on any atom is 0.308 e. The topological polar surface area (TPSA) is 64.3 Å². The van der Waals surface area contributed by atoms with E-state index in [1.807, 2.05) is 36.3 Å². The molecule has 0 unspecified atom stereocenters. The number of carboxylic acids is 1. The Labute approximate surface area is 117 Å². The molecular weight excluding hydrogens is 260 g/mol. The molecule has 1 heterocycles. The van der Waals surface area contributed by atoms with Crippen LogP contribution in [0.4, 0.5) is 5.69 Å². The molecule has 0 radical (unpaired) electrons. The van der Waals surface area contributed by atoms with Crippen molar-refractivity contribution in [3.63, 3.8) is 0 Å². The van der Waals surface area contributed by atoms with Crippen LogP contribution in [0.15, 0.2) is 23.1 Å². The molecule has 1 aliphatic heterocycles. The minimum absolute atomic E-state index is 0.0991. The Balaban J connectivity index is 2.34. The van der Waals surface area contributed by atoms with Crippen molar-refractivity contribution < 1.29 is 9.90 Å². The molecule has 1 aromatic rings. The van der Waals surface area contributed by atoms with Gasteiger partial charge in [0.1, 0.15) is 6.07 Å². The second-order valence-corrected chi connectivity index (χ2v) is 5.64. The summed E-state index contributed by atoms with van der Waals surface area (Å²) in [4.78, 5) is 14.1. The van der Waals surface area contributed by atoms with E-state index >= 15 is 0 Å². The molecule has 2 rings (SSSR count). The number of aliphatic carboxylic acids is 1. The molecule has 2 atom stereocenters. The van der Waals surface area contributed by atoms with Gasteiger partial charge in [0.25, 0.3) is 0 Å². The van der Waals surface area contributed by atoms with Crippen molar-refractivity contribution >= 4 is 23.4 Å². The van der Waals surface area contributed by atoms with Crippen molar-refractivity contribution in [3.8, 4) is 6.07 Å². The highest BCUT2D eigenvalue weighted by Gasteiger charge is 2.35. The number of carboxylic acid groups (broad SMARTS) is 1. The van der Waals surface area contributed by atoms with Gasteiger partial charge in [0.15, 0.2) is 0 Å². The van der Waals surface area contributed by atoms with Gasteiger partial charge >= 0.3 is 5.97 Å². The summed E-state index contributed by atoms with van der Waals surface area (Å²) in [7, 11) is 0. The number of anilines is 1. The van der Waals surface area contributed by atoms with E-state index in [1.54, 1.807) is 0 Å². The molecule has 0 bridgehead atoms. The van der Waals surface area contributed by atoms with Gasteiger partial charge in [0, 0.05) is 18.0 Å². The predicted molar refractivity (Wildman–Crippen MR) is 75.4 cm³/mol. The molecule has 1 fully saturated rings. The molecule has 1 aliphatic rings. The highest BCUT2D eigenvalue weighted by molar-refractivity contribution is 7.98. The van der Waals surface area contributed by atoms with Crippen LogP contribution in [0, 0.1) is 23.2 Å². The molecule has 1 N–H and O–H groups in total. The van der Waals surface area contributed by atoms with Crippen LogP contribution >= 0.6 is 11.8 Å². The fourth-order valence-electron chi connectivity index (χ4n) is 2.55. The van der Waals surface area contributed by atoms with Crippen molar-refractivity contribution in [2.45, 2.75) is 11.8 Å². The van der Waals surface area contributed by atoms with E-state index < -0.39 is 5.97 Å². The summed E-state index contributed by atoms with van der Waals surface area (Å²) in [6.45, 7) is 3.11. The summed E-state index contributed by atoms with van der Waals surface area (Å²) in [6, 6.07) is 7.97. The third-order valence-corrected chi connectivity index (χ3v) is 4.39.